The molecule has 0 aromatic carbocycles. The molecule has 102 valence electrons. The Kier molecular flexibility index (Phi) is 2.72. The highest BCUT2D eigenvalue weighted by atomic mass is 16.2. The third-order valence-corrected chi connectivity index (χ3v) is 3.93. The monoisotopic (exact) mass is 264 g/mol. The number of aromatic nitrogens is 4. The molecule has 0 bridgehead atoms. The fourth-order valence-corrected chi connectivity index (χ4v) is 2.98. The second-order valence-corrected chi connectivity index (χ2v) is 5.13. The van der Waals surface area contributed by atoms with Crippen molar-refractivity contribution in [3.05, 3.63) is 5.82 Å². The summed E-state index contributed by atoms with van der Waals surface area (Å²) in [6.45, 7) is 0.228. The van der Waals surface area contributed by atoms with Crippen molar-refractivity contribution in [3.8, 4) is 0 Å². The van der Waals surface area contributed by atoms with Crippen LogP contribution >= 0.6 is 0 Å². The van der Waals surface area contributed by atoms with Gasteiger partial charge in [0.2, 0.25) is 0 Å². The highest BCUT2D eigenvalue weighted by Gasteiger charge is 2.53. The number of nitrogens with one attached hydrogen (secondary N) is 1. The summed E-state index contributed by atoms with van der Waals surface area (Å²) in [6, 6.07) is -0.348. The van der Waals surface area contributed by atoms with Crippen LogP contribution in [0.3, 0.4) is 0 Å². The van der Waals surface area contributed by atoms with E-state index in [-0.39, 0.29) is 18.5 Å². The number of rotatable bonds is 2. The molecule has 1 saturated heterocycles. The van der Waals surface area contributed by atoms with E-state index in [9.17, 15) is 9.59 Å². The molecule has 2 fully saturated rings. The van der Waals surface area contributed by atoms with Gasteiger partial charge in [-0.1, -0.05) is 19.3 Å². The first kappa shape index (κ1) is 12.1. The van der Waals surface area contributed by atoms with E-state index in [0.29, 0.717) is 18.7 Å². The van der Waals surface area contributed by atoms with Crippen LogP contribution in [-0.4, -0.2) is 42.6 Å². The van der Waals surface area contributed by atoms with E-state index >= 15 is 0 Å². The number of hydrogen-bond donors (Lipinski definition) is 1. The summed E-state index contributed by atoms with van der Waals surface area (Å²) < 4.78 is 0. The molecule has 19 heavy (non-hydrogen) atoms. The molecule has 3 rings (SSSR count). The molecule has 1 aromatic heterocycles. The van der Waals surface area contributed by atoms with Crippen LogP contribution in [-0.2, 0) is 18.4 Å². The average Bonchev–Trinajstić information content (AvgIpc) is 2.89. The largest absolute Gasteiger partial charge is 0.325 e. The van der Waals surface area contributed by atoms with Crippen LogP contribution < -0.4 is 5.32 Å². The van der Waals surface area contributed by atoms with Gasteiger partial charge in [-0.25, -0.2) is 4.79 Å². The Hall–Kier alpha value is -1.99. The van der Waals surface area contributed by atoms with Crippen LogP contribution in [0.4, 0.5) is 4.79 Å². The molecule has 0 unspecified atom stereocenters. The van der Waals surface area contributed by atoms with Crippen molar-refractivity contribution in [1.29, 1.82) is 0 Å². The van der Waals surface area contributed by atoms with E-state index in [0.717, 1.165) is 19.3 Å². The Labute approximate surface area is 110 Å². The molecule has 2 heterocycles. The summed E-state index contributed by atoms with van der Waals surface area (Å²) in [5, 5.41) is 14.1. The fourth-order valence-electron chi connectivity index (χ4n) is 2.98. The Morgan fingerprint density at radius 2 is 2.00 bits per heavy atom. The van der Waals surface area contributed by atoms with Crippen LogP contribution in [0, 0.1) is 0 Å². The lowest BCUT2D eigenvalue weighted by Crippen LogP contribution is -2.50. The lowest BCUT2D eigenvalue weighted by atomic mass is 9.80. The third-order valence-electron chi connectivity index (χ3n) is 3.93. The van der Waals surface area contributed by atoms with Crippen LogP contribution in [0.1, 0.15) is 37.9 Å². The molecule has 1 spiro atoms. The van der Waals surface area contributed by atoms with E-state index in [1.165, 1.54) is 4.80 Å². The van der Waals surface area contributed by atoms with Crippen LogP contribution in [0.15, 0.2) is 0 Å². The lowest BCUT2D eigenvalue weighted by Gasteiger charge is -2.37. The number of nitrogens with zero attached hydrogens (tertiary/aromatic N) is 5. The minimum absolute atomic E-state index is 0.180. The second-order valence-electron chi connectivity index (χ2n) is 5.13. The zero-order valence-electron chi connectivity index (χ0n) is 10.8. The van der Waals surface area contributed by atoms with E-state index in [1.807, 2.05) is 0 Å². The van der Waals surface area contributed by atoms with Gasteiger partial charge in [0.05, 0.1) is 13.6 Å². The predicted octanol–water partition coefficient (Wildman–Crippen LogP) is -0.0352. The molecule has 1 aliphatic heterocycles. The molecule has 8 nitrogen and oxygen atoms in total. The normalized spacial score (nSPS) is 22.1. The molecular weight excluding hydrogens is 248 g/mol. The summed E-state index contributed by atoms with van der Waals surface area (Å²) in [6.07, 6.45) is 4.46. The van der Waals surface area contributed by atoms with Crippen molar-refractivity contribution < 1.29 is 9.59 Å². The molecule has 8 heteroatoms. The quantitative estimate of drug-likeness (QED) is 0.757. The molecular formula is C11H16N6O2. The number of carbonyl (C=O) groups is 2. The molecule has 0 atom stereocenters. The van der Waals surface area contributed by atoms with Crippen molar-refractivity contribution in [2.24, 2.45) is 7.05 Å². The van der Waals surface area contributed by atoms with E-state index in [4.69, 9.17) is 0 Å². The highest BCUT2D eigenvalue weighted by molar-refractivity contribution is 6.07. The van der Waals surface area contributed by atoms with Gasteiger partial charge in [-0.05, 0) is 18.1 Å². The molecule has 3 amide bonds. The van der Waals surface area contributed by atoms with Crippen molar-refractivity contribution in [1.82, 2.24) is 30.4 Å². The average molecular weight is 264 g/mol. The first-order chi connectivity index (χ1) is 9.12. The van der Waals surface area contributed by atoms with Crippen LogP contribution in [0.2, 0.25) is 0 Å². The van der Waals surface area contributed by atoms with E-state index < -0.39 is 5.54 Å². The van der Waals surface area contributed by atoms with E-state index in [2.05, 4.69) is 20.7 Å². The smallest absolute Gasteiger partial charge is 0.302 e. The maximum absolute atomic E-state index is 12.1. The van der Waals surface area contributed by atoms with Gasteiger partial charge in [-0.15, -0.1) is 10.2 Å². The minimum atomic E-state index is -0.700. The van der Waals surface area contributed by atoms with E-state index in [1.54, 1.807) is 11.9 Å². The molecule has 1 aliphatic carbocycles. The van der Waals surface area contributed by atoms with Gasteiger partial charge in [0, 0.05) is 0 Å². The van der Waals surface area contributed by atoms with Crippen molar-refractivity contribution >= 4 is 11.9 Å². The number of amides is 3. The number of imide groups is 1. The van der Waals surface area contributed by atoms with Gasteiger partial charge >= 0.3 is 6.03 Å². The first-order valence-electron chi connectivity index (χ1n) is 6.48. The maximum Gasteiger partial charge on any atom is 0.325 e. The Bertz CT molecular complexity index is 519. The molecule has 1 saturated carbocycles. The Morgan fingerprint density at radius 3 is 2.63 bits per heavy atom. The summed E-state index contributed by atoms with van der Waals surface area (Å²) in [5.74, 6) is 0.276. The Balaban J connectivity index is 1.88. The number of aryl methyl sites for hydroxylation is 1. The van der Waals surface area contributed by atoms with Gasteiger partial charge in [-0.3, -0.25) is 10.1 Å². The number of urea groups is 1. The topological polar surface area (TPSA) is 93.0 Å². The molecule has 0 radical (unpaired) electrons. The van der Waals surface area contributed by atoms with Gasteiger partial charge in [0.1, 0.15) is 5.54 Å². The van der Waals surface area contributed by atoms with Gasteiger partial charge in [0.25, 0.3) is 5.91 Å². The third kappa shape index (κ3) is 1.87. The predicted molar refractivity (Wildman–Crippen MR) is 63.7 cm³/mol. The van der Waals surface area contributed by atoms with Gasteiger partial charge in [-0.2, -0.15) is 4.80 Å². The SMILES string of the molecule is Cn1nnc(CN2C(=O)NC(=O)C23CCCCC3)n1. The zero-order valence-corrected chi connectivity index (χ0v) is 10.8. The summed E-state index contributed by atoms with van der Waals surface area (Å²) in [4.78, 5) is 27.0. The summed E-state index contributed by atoms with van der Waals surface area (Å²) in [5.41, 5.74) is -0.700. The number of hydrogen-bond acceptors (Lipinski definition) is 5. The summed E-state index contributed by atoms with van der Waals surface area (Å²) >= 11 is 0. The zero-order chi connectivity index (χ0) is 13.5. The van der Waals surface area contributed by atoms with Crippen LogP contribution in [0.5, 0.6) is 0 Å². The molecule has 1 aromatic rings. The highest BCUT2D eigenvalue weighted by Crippen LogP contribution is 2.37. The number of carbonyl (C=O) groups excluding carboxylic acids is 2. The van der Waals surface area contributed by atoms with Crippen molar-refractivity contribution in [3.63, 3.8) is 0 Å². The fraction of sp³-hybridized carbons (Fsp3) is 0.727. The Morgan fingerprint density at radius 1 is 1.26 bits per heavy atom. The molecule has 2 aliphatic rings. The number of tetrazole rings is 1. The maximum atomic E-state index is 12.1. The van der Waals surface area contributed by atoms with Crippen molar-refractivity contribution in [2.75, 3.05) is 0 Å². The van der Waals surface area contributed by atoms with Crippen LogP contribution in [0.25, 0.3) is 0 Å². The standard InChI is InChI=1S/C11H16N6O2/c1-16-14-8(13-15-16)7-17-10(19)12-9(18)11(17)5-3-2-4-6-11/h2-7H2,1H3,(H,12,18,19). The minimum Gasteiger partial charge on any atom is -0.302 e. The second kappa shape index (κ2) is 4.29. The van der Waals surface area contributed by atoms with Gasteiger partial charge in [0.15, 0.2) is 5.82 Å². The first-order valence-corrected chi connectivity index (χ1v) is 6.48. The van der Waals surface area contributed by atoms with Gasteiger partial charge < -0.3 is 4.90 Å². The summed E-state index contributed by atoms with van der Waals surface area (Å²) in [7, 11) is 1.67. The van der Waals surface area contributed by atoms with Crippen molar-refractivity contribution in [2.45, 2.75) is 44.2 Å². The molecule has 1 N–H and O–H groups in total. The lowest BCUT2D eigenvalue weighted by molar-refractivity contribution is -0.128.